The Bertz CT molecular complexity index is 439. The Labute approximate surface area is 114 Å². The Morgan fingerprint density at radius 2 is 2.05 bits per heavy atom. The molecule has 0 aliphatic carbocycles. The number of nitrogens with zero attached hydrogens (tertiary/aromatic N) is 3. The van der Waals surface area contributed by atoms with Crippen LogP contribution in [0.5, 0.6) is 0 Å². The first-order valence-corrected chi connectivity index (χ1v) is 6.89. The number of aliphatic hydroxyl groups is 1. The number of halogens is 3. The third-order valence-corrected chi connectivity index (χ3v) is 3.51. The van der Waals surface area contributed by atoms with Gasteiger partial charge in [-0.25, -0.2) is 0 Å². The average Bonchev–Trinajstić information content (AvgIpc) is 2.67. The van der Waals surface area contributed by atoms with Crippen molar-refractivity contribution in [3.8, 4) is 0 Å². The summed E-state index contributed by atoms with van der Waals surface area (Å²) in [5.41, 5.74) is -4.33. The van der Waals surface area contributed by atoms with Gasteiger partial charge in [-0.3, -0.25) is 4.79 Å². The minimum atomic E-state index is -4.33. The van der Waals surface area contributed by atoms with Crippen molar-refractivity contribution in [2.75, 3.05) is 11.5 Å². The maximum absolute atomic E-state index is 12.0. The molecule has 1 heterocycles. The molecular formula is C8H10F3N3O3S2. The number of carboxylic acids is 1. The van der Waals surface area contributed by atoms with Crippen molar-refractivity contribution in [2.24, 2.45) is 0 Å². The Balaban J connectivity index is 2.67. The van der Waals surface area contributed by atoms with Gasteiger partial charge in [0.2, 0.25) is 0 Å². The monoisotopic (exact) mass is 317 g/mol. The zero-order chi connectivity index (χ0) is 14.5. The zero-order valence-corrected chi connectivity index (χ0v) is 11.1. The highest BCUT2D eigenvalue weighted by molar-refractivity contribution is 8.00. The van der Waals surface area contributed by atoms with Gasteiger partial charge in [-0.2, -0.15) is 13.2 Å². The number of thioether (sulfide) groups is 2. The highest BCUT2D eigenvalue weighted by atomic mass is 32.2. The van der Waals surface area contributed by atoms with E-state index in [9.17, 15) is 18.0 Å². The third-order valence-electron chi connectivity index (χ3n) is 1.84. The smallest absolute Gasteiger partial charge is 0.441 e. The second kappa shape index (κ2) is 7.01. The third kappa shape index (κ3) is 5.70. The Hall–Kier alpha value is -0.940. The lowest BCUT2D eigenvalue weighted by Gasteiger charge is -2.09. The highest BCUT2D eigenvalue weighted by Gasteiger charge is 2.28. The number of hydrogen-bond donors (Lipinski definition) is 2. The summed E-state index contributed by atoms with van der Waals surface area (Å²) in [6.07, 6.45) is 0. The van der Waals surface area contributed by atoms with E-state index in [1.165, 1.54) is 4.57 Å². The van der Waals surface area contributed by atoms with Gasteiger partial charge in [-0.05, 0) is 11.8 Å². The van der Waals surface area contributed by atoms with Crippen LogP contribution in [-0.2, 0) is 17.9 Å². The highest BCUT2D eigenvalue weighted by Crippen LogP contribution is 2.30. The molecule has 0 aromatic carbocycles. The largest absolute Gasteiger partial charge is 0.481 e. The SMILES string of the molecule is O=C(O)CSc1nnc(CO)n1CCSC(F)(F)F. The van der Waals surface area contributed by atoms with E-state index in [1.807, 2.05) is 0 Å². The first kappa shape index (κ1) is 16.1. The number of aliphatic hydroxyl groups excluding tert-OH is 1. The van der Waals surface area contributed by atoms with Crippen LogP contribution in [0.1, 0.15) is 5.82 Å². The molecule has 0 bridgehead atoms. The van der Waals surface area contributed by atoms with Crippen LogP contribution in [0.2, 0.25) is 0 Å². The number of hydrogen-bond acceptors (Lipinski definition) is 6. The standard InChI is InChI=1S/C8H10F3N3O3S2/c9-8(10,11)19-2-1-14-5(3-15)12-13-7(14)18-4-6(16)17/h15H,1-4H2,(H,16,17). The van der Waals surface area contributed by atoms with Gasteiger partial charge in [0, 0.05) is 12.3 Å². The first-order chi connectivity index (χ1) is 8.83. The van der Waals surface area contributed by atoms with Gasteiger partial charge in [0.15, 0.2) is 11.0 Å². The molecule has 0 saturated carbocycles. The van der Waals surface area contributed by atoms with Gasteiger partial charge in [0.05, 0.1) is 5.75 Å². The van der Waals surface area contributed by atoms with Gasteiger partial charge >= 0.3 is 11.5 Å². The van der Waals surface area contributed by atoms with Crippen LogP contribution in [0.3, 0.4) is 0 Å². The average molecular weight is 317 g/mol. The molecule has 0 amide bonds. The fraction of sp³-hybridized carbons (Fsp3) is 0.625. The molecule has 0 fully saturated rings. The van der Waals surface area contributed by atoms with Gasteiger partial charge < -0.3 is 14.8 Å². The van der Waals surface area contributed by atoms with Crippen LogP contribution < -0.4 is 0 Å². The summed E-state index contributed by atoms with van der Waals surface area (Å²) in [6, 6.07) is 0. The number of carbonyl (C=O) groups is 1. The molecule has 6 nitrogen and oxygen atoms in total. The van der Waals surface area contributed by atoms with Crippen LogP contribution >= 0.6 is 23.5 Å². The fourth-order valence-corrected chi connectivity index (χ4v) is 2.36. The van der Waals surface area contributed by atoms with Gasteiger partial charge in [-0.15, -0.1) is 10.2 Å². The van der Waals surface area contributed by atoms with Gasteiger partial charge in [-0.1, -0.05) is 11.8 Å². The maximum Gasteiger partial charge on any atom is 0.441 e. The van der Waals surface area contributed by atoms with Crippen LogP contribution in [0.25, 0.3) is 0 Å². The summed E-state index contributed by atoms with van der Waals surface area (Å²) in [5.74, 6) is -1.52. The van der Waals surface area contributed by atoms with E-state index < -0.39 is 18.1 Å². The van der Waals surface area contributed by atoms with Crippen LogP contribution in [0.4, 0.5) is 13.2 Å². The van der Waals surface area contributed by atoms with Crippen LogP contribution in [0.15, 0.2) is 5.16 Å². The molecule has 108 valence electrons. The summed E-state index contributed by atoms with van der Waals surface area (Å²) in [6.45, 7) is -0.535. The Morgan fingerprint density at radius 1 is 1.37 bits per heavy atom. The fourth-order valence-electron chi connectivity index (χ4n) is 1.15. The minimum absolute atomic E-state index is 0.0605. The topological polar surface area (TPSA) is 88.2 Å². The number of carboxylic acid groups (broad SMARTS) is 1. The van der Waals surface area contributed by atoms with Crippen molar-refractivity contribution in [2.45, 2.75) is 23.8 Å². The van der Waals surface area contributed by atoms with Crippen molar-refractivity contribution >= 4 is 29.5 Å². The molecule has 0 aliphatic heterocycles. The van der Waals surface area contributed by atoms with E-state index in [0.29, 0.717) is 0 Å². The van der Waals surface area contributed by atoms with Gasteiger partial charge in [0.25, 0.3) is 0 Å². The quantitative estimate of drug-likeness (QED) is 0.731. The molecule has 11 heteroatoms. The molecule has 19 heavy (non-hydrogen) atoms. The molecular weight excluding hydrogens is 307 g/mol. The molecule has 1 aromatic heterocycles. The van der Waals surface area contributed by atoms with Crippen molar-refractivity contribution in [1.82, 2.24) is 14.8 Å². The molecule has 0 atom stereocenters. The molecule has 1 aromatic rings. The van der Waals surface area contributed by atoms with E-state index in [0.717, 1.165) is 11.8 Å². The Morgan fingerprint density at radius 3 is 2.58 bits per heavy atom. The maximum atomic E-state index is 12.0. The lowest BCUT2D eigenvalue weighted by molar-refractivity contribution is -0.133. The molecule has 0 saturated heterocycles. The first-order valence-electron chi connectivity index (χ1n) is 4.91. The Kier molecular flexibility index (Phi) is 5.94. The minimum Gasteiger partial charge on any atom is -0.481 e. The second-order valence-electron chi connectivity index (χ2n) is 3.19. The van der Waals surface area contributed by atoms with Crippen molar-refractivity contribution in [3.63, 3.8) is 0 Å². The molecule has 0 aliphatic rings. The summed E-state index contributed by atoms with van der Waals surface area (Å²) >= 11 is 0.638. The lowest BCUT2D eigenvalue weighted by Crippen LogP contribution is -2.11. The van der Waals surface area contributed by atoms with Crippen molar-refractivity contribution in [1.29, 1.82) is 0 Å². The van der Waals surface area contributed by atoms with E-state index in [1.54, 1.807) is 0 Å². The number of aliphatic carboxylic acids is 1. The molecule has 0 radical (unpaired) electrons. The van der Waals surface area contributed by atoms with E-state index in [4.69, 9.17) is 10.2 Å². The predicted molar refractivity (Wildman–Crippen MR) is 62.8 cm³/mol. The van der Waals surface area contributed by atoms with Crippen molar-refractivity contribution < 1.29 is 28.2 Å². The van der Waals surface area contributed by atoms with E-state index >= 15 is 0 Å². The van der Waals surface area contributed by atoms with E-state index in [2.05, 4.69) is 10.2 Å². The molecule has 1 rings (SSSR count). The zero-order valence-electron chi connectivity index (χ0n) is 9.42. The summed E-state index contributed by atoms with van der Waals surface area (Å²) in [4.78, 5) is 10.4. The number of alkyl halides is 3. The lowest BCUT2D eigenvalue weighted by atomic mass is 10.6. The van der Waals surface area contributed by atoms with Crippen LogP contribution in [0, 0.1) is 0 Å². The summed E-state index contributed by atoms with van der Waals surface area (Å²) in [5, 5.41) is 24.9. The molecule has 0 spiro atoms. The predicted octanol–water partition coefficient (Wildman–Crippen LogP) is 1.20. The van der Waals surface area contributed by atoms with Crippen LogP contribution in [-0.4, -0.2) is 48.0 Å². The number of rotatable bonds is 7. The van der Waals surface area contributed by atoms with E-state index in [-0.39, 0.29) is 40.8 Å². The molecule has 2 N–H and O–H groups in total. The normalized spacial score (nSPS) is 11.8. The second-order valence-corrected chi connectivity index (χ2v) is 5.29. The molecule has 0 unspecified atom stereocenters. The number of aromatic nitrogens is 3. The summed E-state index contributed by atoms with van der Waals surface area (Å²) in [7, 11) is 0. The van der Waals surface area contributed by atoms with Gasteiger partial charge in [0.1, 0.15) is 6.61 Å². The summed E-state index contributed by atoms with van der Waals surface area (Å²) < 4.78 is 37.3. The van der Waals surface area contributed by atoms with Crippen molar-refractivity contribution in [3.05, 3.63) is 5.82 Å².